The number of ether oxygens (including phenoxy) is 3. The summed E-state index contributed by atoms with van der Waals surface area (Å²) in [7, 11) is 1.49. The third-order valence-corrected chi connectivity index (χ3v) is 6.73. The van der Waals surface area contributed by atoms with Crippen LogP contribution in [0, 0.1) is 17.3 Å². The van der Waals surface area contributed by atoms with Crippen LogP contribution >= 0.6 is 0 Å². The predicted molar refractivity (Wildman–Crippen MR) is 118 cm³/mol. The molecule has 2 unspecified atom stereocenters. The van der Waals surface area contributed by atoms with Gasteiger partial charge in [-0.1, -0.05) is 59.1 Å². The molecule has 1 aliphatic heterocycles. The molecule has 7 nitrogen and oxygen atoms in total. The Labute approximate surface area is 190 Å². The van der Waals surface area contributed by atoms with Gasteiger partial charge in [-0.3, -0.25) is 0 Å². The van der Waals surface area contributed by atoms with E-state index in [4.69, 9.17) is 14.2 Å². The van der Waals surface area contributed by atoms with Gasteiger partial charge in [-0.2, -0.15) is 0 Å². The molecule has 1 saturated heterocycles. The first-order valence-corrected chi connectivity index (χ1v) is 11.7. The number of fused-ring (bicyclic) bond motifs is 1. The molecule has 0 amide bonds. The summed E-state index contributed by atoms with van der Waals surface area (Å²) in [5.41, 5.74) is -2.04. The summed E-state index contributed by atoms with van der Waals surface area (Å²) in [6.45, 7) is 6.81. The van der Waals surface area contributed by atoms with Crippen molar-refractivity contribution in [3.8, 4) is 0 Å². The van der Waals surface area contributed by atoms with E-state index in [-0.39, 0.29) is 12.3 Å². The Bertz CT molecular complexity index is 634. The van der Waals surface area contributed by atoms with Crippen LogP contribution < -0.4 is 0 Å². The Morgan fingerprint density at radius 1 is 1.34 bits per heavy atom. The summed E-state index contributed by atoms with van der Waals surface area (Å²) in [5.74, 6) is -1.92. The zero-order valence-corrected chi connectivity index (χ0v) is 20.0. The van der Waals surface area contributed by atoms with Crippen molar-refractivity contribution in [2.45, 2.75) is 103 Å². The first kappa shape index (κ1) is 27.2. The number of carboxylic acid groups (broad SMARTS) is 1. The number of rotatable bonds is 12. The fraction of sp³-hybridized carbons (Fsp3) is 0.875. The second kappa shape index (κ2) is 11.4. The van der Waals surface area contributed by atoms with Gasteiger partial charge in [0.05, 0.1) is 18.8 Å². The van der Waals surface area contributed by atoms with Gasteiger partial charge in [-0.15, -0.1) is 0 Å². The highest BCUT2D eigenvalue weighted by Gasteiger charge is 2.63. The van der Waals surface area contributed by atoms with Crippen molar-refractivity contribution in [2.75, 3.05) is 13.7 Å². The molecule has 2 fully saturated rings. The number of hydrogen-bond acceptors (Lipinski definition) is 6. The van der Waals surface area contributed by atoms with Crippen molar-refractivity contribution in [1.29, 1.82) is 0 Å². The molecule has 8 atom stereocenters. The van der Waals surface area contributed by atoms with Gasteiger partial charge >= 0.3 is 5.97 Å². The molecule has 0 aromatic carbocycles. The molecule has 0 spiro atoms. The zero-order valence-electron chi connectivity index (χ0n) is 20.0. The lowest BCUT2D eigenvalue weighted by Crippen LogP contribution is -2.47. The molecule has 0 bridgehead atoms. The monoisotopic (exact) mass is 460 g/mol. The maximum atomic E-state index is 15.6. The molecule has 1 saturated carbocycles. The third-order valence-electron chi connectivity index (χ3n) is 6.73. The number of unbranched alkanes of at least 4 members (excludes halogenated alkanes) is 2. The minimum atomic E-state index is -1.64. The lowest BCUT2D eigenvalue weighted by molar-refractivity contribution is -0.196. The molecular formula is C24H41FO7. The number of aliphatic hydroxyl groups is 2. The molecule has 186 valence electrons. The highest BCUT2D eigenvalue weighted by atomic mass is 19.1. The summed E-state index contributed by atoms with van der Waals surface area (Å²) < 4.78 is 32.5. The van der Waals surface area contributed by atoms with E-state index in [0.29, 0.717) is 12.8 Å². The molecule has 3 N–H and O–H groups in total. The van der Waals surface area contributed by atoms with Gasteiger partial charge in [0.25, 0.3) is 0 Å². The van der Waals surface area contributed by atoms with Crippen LogP contribution in [0.4, 0.5) is 4.39 Å². The normalized spacial score (nSPS) is 33.4. The smallest absolute Gasteiger partial charge is 0.333 e. The summed E-state index contributed by atoms with van der Waals surface area (Å²) in [4.78, 5) is 11.6. The van der Waals surface area contributed by atoms with E-state index < -0.39 is 60.3 Å². The number of carboxylic acids is 1. The first-order chi connectivity index (χ1) is 15.0. The third kappa shape index (κ3) is 6.29. The number of hydrogen-bond donors (Lipinski definition) is 3. The van der Waals surface area contributed by atoms with E-state index in [1.807, 2.05) is 0 Å². The van der Waals surface area contributed by atoms with E-state index in [9.17, 15) is 20.1 Å². The van der Waals surface area contributed by atoms with Crippen LogP contribution in [-0.2, 0) is 19.0 Å². The largest absolute Gasteiger partial charge is 0.479 e. The SMILES string of the molecule is CCCCC[C@H](O)/C=C/[C@H]1[C@H](O)C[C@]2(C(F)COC(C(=O)O)C(C)(C)C)O[C@@H](OC)C[C@H]12. The maximum Gasteiger partial charge on any atom is 0.333 e. The number of halogens is 1. The Hall–Kier alpha value is -1.06. The highest BCUT2D eigenvalue weighted by Crippen LogP contribution is 2.54. The van der Waals surface area contributed by atoms with Gasteiger partial charge in [-0.05, 0) is 11.8 Å². The van der Waals surface area contributed by atoms with Crippen LogP contribution in [0.5, 0.6) is 0 Å². The van der Waals surface area contributed by atoms with Crippen molar-refractivity contribution in [2.24, 2.45) is 17.3 Å². The topological polar surface area (TPSA) is 105 Å². The summed E-state index contributed by atoms with van der Waals surface area (Å²) in [5, 5.41) is 30.4. The Balaban J connectivity index is 2.14. The molecule has 0 aromatic rings. The first-order valence-electron chi connectivity index (χ1n) is 11.7. The molecule has 0 aromatic heterocycles. The molecule has 1 aliphatic carbocycles. The van der Waals surface area contributed by atoms with Gasteiger partial charge in [0.2, 0.25) is 0 Å². The number of aliphatic carboxylic acids is 1. The molecule has 32 heavy (non-hydrogen) atoms. The second-order valence-corrected chi connectivity index (χ2v) is 10.3. The van der Waals surface area contributed by atoms with Crippen molar-refractivity contribution < 1.29 is 38.7 Å². The minimum Gasteiger partial charge on any atom is -0.479 e. The highest BCUT2D eigenvalue weighted by molar-refractivity contribution is 5.73. The van der Waals surface area contributed by atoms with Crippen molar-refractivity contribution >= 4 is 5.97 Å². The van der Waals surface area contributed by atoms with Crippen LogP contribution in [-0.4, -0.2) is 71.4 Å². The quantitative estimate of drug-likeness (QED) is 0.302. The van der Waals surface area contributed by atoms with Gasteiger partial charge < -0.3 is 29.5 Å². The lowest BCUT2D eigenvalue weighted by atomic mass is 9.81. The number of alkyl halides is 1. The number of carbonyl (C=O) groups is 1. The van der Waals surface area contributed by atoms with Gasteiger partial charge in [0, 0.05) is 31.8 Å². The molecule has 2 rings (SSSR count). The second-order valence-electron chi connectivity index (χ2n) is 10.3. The molecule has 1 heterocycles. The van der Waals surface area contributed by atoms with Crippen molar-refractivity contribution in [3.05, 3.63) is 12.2 Å². The number of methoxy groups -OCH3 is 1. The standard InChI is InChI=1S/C24H41FO7/c1-6-7-8-9-15(26)10-11-16-17-12-20(30-5)32-24(17,13-18(16)27)19(25)14-31-21(22(28)29)23(2,3)4/h10-11,15-21,26-27H,6-9,12-14H2,1-5H3,(H,28,29)/b11-10+/t15-,16+,17+,18+,19?,20+,21?,24-/m0/s1. The average molecular weight is 461 g/mol. The fourth-order valence-electron chi connectivity index (χ4n) is 5.01. The summed E-state index contributed by atoms with van der Waals surface area (Å²) >= 11 is 0. The Morgan fingerprint density at radius 3 is 2.59 bits per heavy atom. The van der Waals surface area contributed by atoms with E-state index in [0.717, 1.165) is 19.3 Å². The van der Waals surface area contributed by atoms with Crippen LogP contribution in [0.25, 0.3) is 0 Å². The molecule has 8 heteroatoms. The lowest BCUT2D eigenvalue weighted by Gasteiger charge is -2.34. The van der Waals surface area contributed by atoms with Gasteiger partial charge in [-0.25, -0.2) is 9.18 Å². The van der Waals surface area contributed by atoms with Crippen molar-refractivity contribution in [3.63, 3.8) is 0 Å². The zero-order chi connectivity index (χ0) is 24.1. The molecule has 2 aliphatic rings. The summed E-state index contributed by atoms with van der Waals surface area (Å²) in [6, 6.07) is 0. The average Bonchev–Trinajstić information content (AvgIpc) is 3.18. The van der Waals surface area contributed by atoms with E-state index >= 15 is 4.39 Å². The Morgan fingerprint density at radius 2 is 2.03 bits per heavy atom. The van der Waals surface area contributed by atoms with Crippen molar-refractivity contribution in [1.82, 2.24) is 0 Å². The predicted octanol–water partition coefficient (Wildman–Crippen LogP) is 3.47. The van der Waals surface area contributed by atoms with Gasteiger partial charge in [0.1, 0.15) is 5.60 Å². The molecular weight excluding hydrogens is 419 g/mol. The number of aliphatic hydroxyl groups excluding tert-OH is 2. The van der Waals surface area contributed by atoms with Crippen LogP contribution in [0.1, 0.15) is 66.2 Å². The van der Waals surface area contributed by atoms with Crippen LogP contribution in [0.2, 0.25) is 0 Å². The molecule has 0 radical (unpaired) electrons. The summed E-state index contributed by atoms with van der Waals surface area (Å²) in [6.07, 6.45) is 2.70. The van der Waals surface area contributed by atoms with Crippen LogP contribution in [0.3, 0.4) is 0 Å². The maximum absolute atomic E-state index is 15.6. The Kier molecular flexibility index (Phi) is 9.67. The minimum absolute atomic E-state index is 0.0518. The van der Waals surface area contributed by atoms with Crippen LogP contribution in [0.15, 0.2) is 12.2 Å². The fourth-order valence-corrected chi connectivity index (χ4v) is 5.01. The van der Waals surface area contributed by atoms with E-state index in [1.54, 1.807) is 32.9 Å². The van der Waals surface area contributed by atoms with Gasteiger partial charge in [0.15, 0.2) is 18.6 Å². The van der Waals surface area contributed by atoms with E-state index in [1.165, 1.54) is 7.11 Å². The van der Waals surface area contributed by atoms with E-state index in [2.05, 4.69) is 6.92 Å².